The lowest BCUT2D eigenvalue weighted by atomic mass is 10.0. The summed E-state index contributed by atoms with van der Waals surface area (Å²) in [4.78, 5) is 24.9. The Kier molecular flexibility index (Phi) is 7.83. The molecule has 1 aliphatic rings. The molecule has 1 atom stereocenters. The maximum atomic E-state index is 12.5. The molecule has 0 spiro atoms. The summed E-state index contributed by atoms with van der Waals surface area (Å²) in [5.41, 5.74) is 2.29. The number of hydrogen-bond donors (Lipinski definition) is 3. The highest BCUT2D eigenvalue weighted by molar-refractivity contribution is 7.14. The number of benzene rings is 1. The Bertz CT molecular complexity index is 768. The number of thiophene rings is 1. The first kappa shape index (κ1) is 21.4. The van der Waals surface area contributed by atoms with Gasteiger partial charge in [0.1, 0.15) is 5.00 Å². The van der Waals surface area contributed by atoms with Gasteiger partial charge < -0.3 is 16.0 Å². The fourth-order valence-corrected chi connectivity index (χ4v) is 3.80. The van der Waals surface area contributed by atoms with Gasteiger partial charge in [0, 0.05) is 18.2 Å². The molecule has 27 heavy (non-hydrogen) atoms. The van der Waals surface area contributed by atoms with Crippen LogP contribution >= 0.6 is 23.7 Å². The summed E-state index contributed by atoms with van der Waals surface area (Å²) in [6.45, 7) is 5.86. The van der Waals surface area contributed by atoms with Crippen molar-refractivity contribution in [1.29, 1.82) is 0 Å². The predicted molar refractivity (Wildman–Crippen MR) is 113 cm³/mol. The maximum absolute atomic E-state index is 12.5. The molecule has 7 heteroatoms. The van der Waals surface area contributed by atoms with E-state index in [1.807, 2.05) is 29.6 Å². The molecular weight excluding hydrogens is 382 g/mol. The maximum Gasteiger partial charge on any atom is 0.256 e. The van der Waals surface area contributed by atoms with Crippen LogP contribution in [0.1, 0.15) is 58.9 Å². The smallest absolute Gasteiger partial charge is 0.256 e. The summed E-state index contributed by atoms with van der Waals surface area (Å²) in [5.74, 6) is 0.0775. The van der Waals surface area contributed by atoms with Gasteiger partial charge in [0.2, 0.25) is 0 Å². The fraction of sp³-hybridized carbons (Fsp3) is 0.400. The van der Waals surface area contributed by atoms with E-state index in [0.717, 1.165) is 19.4 Å². The molecule has 3 rings (SSSR count). The first-order valence-electron chi connectivity index (χ1n) is 9.05. The normalized spacial score (nSPS) is 16.0. The van der Waals surface area contributed by atoms with Crippen LogP contribution in [0.25, 0.3) is 0 Å². The molecule has 5 nitrogen and oxygen atoms in total. The summed E-state index contributed by atoms with van der Waals surface area (Å²) in [6, 6.07) is 9.68. The molecular formula is C20H26ClN3O2S. The van der Waals surface area contributed by atoms with Gasteiger partial charge in [0.25, 0.3) is 11.8 Å². The highest BCUT2D eigenvalue weighted by atomic mass is 35.5. The third kappa shape index (κ3) is 5.54. The molecule has 146 valence electrons. The highest BCUT2D eigenvalue weighted by Crippen LogP contribution is 2.24. The molecule has 2 amide bonds. The molecule has 0 aliphatic carbocycles. The van der Waals surface area contributed by atoms with Crippen molar-refractivity contribution in [3.63, 3.8) is 0 Å². The zero-order valence-corrected chi connectivity index (χ0v) is 17.2. The molecule has 0 bridgehead atoms. The van der Waals surface area contributed by atoms with E-state index in [1.165, 1.54) is 16.9 Å². The molecule has 1 unspecified atom stereocenters. The van der Waals surface area contributed by atoms with Gasteiger partial charge in [-0.15, -0.1) is 23.7 Å². The van der Waals surface area contributed by atoms with Crippen molar-refractivity contribution < 1.29 is 9.59 Å². The Hall–Kier alpha value is -1.89. The van der Waals surface area contributed by atoms with Gasteiger partial charge in [-0.25, -0.2) is 0 Å². The second-order valence-corrected chi connectivity index (χ2v) is 7.81. The SMILES string of the molecule is CC(C)c1ccc(C(=O)Nc2sccc2C(=O)NCC2CCCN2)cc1.Cl. The monoisotopic (exact) mass is 407 g/mol. The number of carbonyl (C=O) groups is 2. The van der Waals surface area contributed by atoms with E-state index in [4.69, 9.17) is 0 Å². The first-order valence-corrected chi connectivity index (χ1v) is 9.93. The molecule has 1 aromatic heterocycles. The van der Waals surface area contributed by atoms with Gasteiger partial charge in [0.05, 0.1) is 5.56 Å². The number of hydrogen-bond acceptors (Lipinski definition) is 4. The Morgan fingerprint density at radius 2 is 1.93 bits per heavy atom. The van der Waals surface area contributed by atoms with Crippen molar-refractivity contribution in [3.8, 4) is 0 Å². The predicted octanol–water partition coefficient (Wildman–Crippen LogP) is 4.03. The van der Waals surface area contributed by atoms with Gasteiger partial charge in [-0.1, -0.05) is 26.0 Å². The van der Waals surface area contributed by atoms with Crippen LogP contribution in [0.2, 0.25) is 0 Å². The third-order valence-corrected chi connectivity index (χ3v) is 5.48. The quantitative estimate of drug-likeness (QED) is 0.677. The van der Waals surface area contributed by atoms with E-state index in [0.29, 0.717) is 34.6 Å². The largest absolute Gasteiger partial charge is 0.350 e. The van der Waals surface area contributed by atoms with Crippen molar-refractivity contribution in [2.24, 2.45) is 0 Å². The fourth-order valence-electron chi connectivity index (χ4n) is 3.02. The summed E-state index contributed by atoms with van der Waals surface area (Å²) in [7, 11) is 0. The van der Waals surface area contributed by atoms with Crippen molar-refractivity contribution >= 4 is 40.6 Å². The lowest BCUT2D eigenvalue weighted by Crippen LogP contribution is -2.37. The van der Waals surface area contributed by atoms with Gasteiger partial charge in [0.15, 0.2) is 0 Å². The molecule has 2 aromatic rings. The van der Waals surface area contributed by atoms with Crippen LogP contribution < -0.4 is 16.0 Å². The van der Waals surface area contributed by atoms with Crippen LogP contribution in [-0.4, -0.2) is 30.9 Å². The minimum Gasteiger partial charge on any atom is -0.350 e. The van der Waals surface area contributed by atoms with Crippen molar-refractivity contribution in [1.82, 2.24) is 10.6 Å². The third-order valence-electron chi connectivity index (χ3n) is 4.65. The second-order valence-electron chi connectivity index (χ2n) is 6.90. The van der Waals surface area contributed by atoms with Crippen molar-refractivity contribution in [2.45, 2.75) is 38.6 Å². The van der Waals surface area contributed by atoms with Gasteiger partial charge in [-0.2, -0.15) is 0 Å². The number of nitrogens with one attached hydrogen (secondary N) is 3. The van der Waals surface area contributed by atoms with Crippen molar-refractivity contribution in [3.05, 3.63) is 52.4 Å². The zero-order valence-electron chi connectivity index (χ0n) is 15.6. The van der Waals surface area contributed by atoms with E-state index in [9.17, 15) is 9.59 Å². The van der Waals surface area contributed by atoms with Crippen LogP contribution in [-0.2, 0) is 0 Å². The van der Waals surface area contributed by atoms with E-state index in [2.05, 4.69) is 29.8 Å². The minimum absolute atomic E-state index is 0. The van der Waals surface area contributed by atoms with Gasteiger partial charge in [-0.3, -0.25) is 9.59 Å². The Labute approximate surface area is 170 Å². The summed E-state index contributed by atoms with van der Waals surface area (Å²) < 4.78 is 0. The molecule has 3 N–H and O–H groups in total. The van der Waals surface area contributed by atoms with Crippen LogP contribution in [0.15, 0.2) is 35.7 Å². The number of rotatable bonds is 6. The van der Waals surface area contributed by atoms with E-state index >= 15 is 0 Å². The lowest BCUT2D eigenvalue weighted by Gasteiger charge is -2.12. The molecule has 1 fully saturated rings. The summed E-state index contributed by atoms with van der Waals surface area (Å²) in [6.07, 6.45) is 2.23. The number of amides is 2. The second kappa shape index (κ2) is 9.88. The molecule has 1 aromatic carbocycles. The van der Waals surface area contributed by atoms with Crippen LogP contribution in [0.4, 0.5) is 5.00 Å². The van der Waals surface area contributed by atoms with Crippen molar-refractivity contribution in [2.75, 3.05) is 18.4 Å². The molecule has 1 saturated heterocycles. The molecule has 2 heterocycles. The van der Waals surface area contributed by atoms with Crippen LogP contribution in [0.3, 0.4) is 0 Å². The zero-order chi connectivity index (χ0) is 18.5. The minimum atomic E-state index is -0.200. The molecule has 1 aliphatic heterocycles. The number of halogens is 1. The van der Waals surface area contributed by atoms with E-state index in [1.54, 1.807) is 6.07 Å². The van der Waals surface area contributed by atoms with Crippen LogP contribution in [0.5, 0.6) is 0 Å². The van der Waals surface area contributed by atoms with Gasteiger partial charge in [-0.05, 0) is 54.4 Å². The average molecular weight is 408 g/mol. The number of carbonyl (C=O) groups excluding carboxylic acids is 2. The van der Waals surface area contributed by atoms with E-state index in [-0.39, 0.29) is 24.2 Å². The Morgan fingerprint density at radius 1 is 1.19 bits per heavy atom. The average Bonchev–Trinajstić information content (AvgIpc) is 3.31. The first-order chi connectivity index (χ1) is 12.5. The molecule has 0 radical (unpaired) electrons. The van der Waals surface area contributed by atoms with E-state index < -0.39 is 0 Å². The van der Waals surface area contributed by atoms with Crippen LogP contribution in [0, 0.1) is 0 Å². The number of anilines is 1. The summed E-state index contributed by atoms with van der Waals surface area (Å²) >= 11 is 1.36. The highest BCUT2D eigenvalue weighted by Gasteiger charge is 2.19. The Morgan fingerprint density at radius 3 is 2.56 bits per heavy atom. The standard InChI is InChI=1S/C20H25N3O2S.ClH/c1-13(2)14-5-7-15(8-6-14)18(24)23-20-17(9-11-26-20)19(25)22-12-16-4-3-10-21-16;/h5-9,11,13,16,21H,3-4,10,12H2,1-2H3,(H,22,25)(H,23,24);1H. The van der Waals surface area contributed by atoms with Gasteiger partial charge >= 0.3 is 0 Å². The Balaban J connectivity index is 0.00000261. The molecule has 0 saturated carbocycles. The lowest BCUT2D eigenvalue weighted by molar-refractivity contribution is 0.0951. The summed E-state index contributed by atoms with van der Waals surface area (Å²) in [5, 5.41) is 11.6. The topological polar surface area (TPSA) is 70.2 Å².